The van der Waals surface area contributed by atoms with Gasteiger partial charge in [-0.1, -0.05) is 6.07 Å². The van der Waals surface area contributed by atoms with E-state index in [0.717, 1.165) is 23.1 Å². The number of hydrogen-bond donors (Lipinski definition) is 2. The van der Waals surface area contributed by atoms with Crippen LogP contribution in [0, 0.1) is 6.92 Å². The molecule has 3 N–H and O–H groups in total. The smallest absolute Gasteiger partial charge is 0.221 e. The fraction of sp³-hybridized carbons (Fsp3) is 0.429. The van der Waals surface area contributed by atoms with Crippen LogP contribution in [-0.4, -0.2) is 23.5 Å². The zero-order valence-electron chi connectivity index (χ0n) is 11.3. The van der Waals surface area contributed by atoms with Crippen molar-refractivity contribution in [3.8, 4) is 0 Å². The Bertz CT molecular complexity index is 575. The number of fused-ring (bicyclic) bond motifs is 1. The van der Waals surface area contributed by atoms with Crippen molar-refractivity contribution in [2.45, 2.75) is 32.7 Å². The molecule has 1 amide bonds. The molecule has 0 saturated carbocycles. The molecular weight excluding hydrogens is 242 g/mol. The van der Waals surface area contributed by atoms with E-state index in [1.807, 2.05) is 32.0 Å². The van der Waals surface area contributed by atoms with Crippen molar-refractivity contribution in [2.75, 3.05) is 6.54 Å². The van der Waals surface area contributed by atoms with Crippen LogP contribution in [0.4, 0.5) is 0 Å². The molecule has 1 aromatic carbocycles. The highest BCUT2D eigenvalue weighted by Gasteiger charge is 2.05. The summed E-state index contributed by atoms with van der Waals surface area (Å²) in [5.74, 6) is 0.658. The summed E-state index contributed by atoms with van der Waals surface area (Å²) in [6.07, 6.45) is 1.13. The van der Waals surface area contributed by atoms with Gasteiger partial charge in [0.2, 0.25) is 5.91 Å². The second-order valence-corrected chi connectivity index (χ2v) is 4.82. The molecule has 5 heteroatoms. The van der Waals surface area contributed by atoms with E-state index in [-0.39, 0.29) is 11.9 Å². The fourth-order valence-electron chi connectivity index (χ4n) is 1.95. The Kier molecular flexibility index (Phi) is 4.16. The predicted molar refractivity (Wildman–Crippen MR) is 73.7 cm³/mol. The summed E-state index contributed by atoms with van der Waals surface area (Å²) in [6.45, 7) is 4.25. The number of nitrogens with two attached hydrogens (primary N) is 1. The number of aromatic nitrogens is 1. The molecule has 0 spiro atoms. The van der Waals surface area contributed by atoms with Crippen molar-refractivity contribution in [1.82, 2.24) is 10.3 Å². The molecule has 0 aliphatic heterocycles. The monoisotopic (exact) mass is 261 g/mol. The number of rotatable bonds is 5. The third-order valence-corrected chi connectivity index (χ3v) is 2.80. The van der Waals surface area contributed by atoms with Gasteiger partial charge < -0.3 is 15.5 Å². The lowest BCUT2D eigenvalue weighted by atomic mass is 10.1. The van der Waals surface area contributed by atoms with Crippen LogP contribution in [-0.2, 0) is 11.2 Å². The van der Waals surface area contributed by atoms with Crippen LogP contribution in [0.25, 0.3) is 11.1 Å². The molecule has 0 saturated heterocycles. The summed E-state index contributed by atoms with van der Waals surface area (Å²) in [5, 5.41) is 2.85. The molecule has 1 atom stereocenters. The number of benzene rings is 1. The average molecular weight is 261 g/mol. The van der Waals surface area contributed by atoms with Gasteiger partial charge in [0.05, 0.1) is 0 Å². The highest BCUT2D eigenvalue weighted by molar-refractivity contribution is 5.76. The third-order valence-electron chi connectivity index (χ3n) is 2.80. The molecule has 2 rings (SSSR count). The second-order valence-electron chi connectivity index (χ2n) is 4.82. The molecule has 2 aromatic rings. The van der Waals surface area contributed by atoms with Gasteiger partial charge in [-0.3, -0.25) is 4.79 Å². The summed E-state index contributed by atoms with van der Waals surface area (Å²) in [5.41, 5.74) is 8.34. The number of nitrogens with zero attached hydrogens (tertiary/aromatic N) is 1. The maximum atomic E-state index is 11.4. The maximum Gasteiger partial charge on any atom is 0.221 e. The van der Waals surface area contributed by atoms with Gasteiger partial charge in [0, 0.05) is 25.9 Å². The Morgan fingerprint density at radius 3 is 3.05 bits per heavy atom. The molecule has 0 radical (unpaired) electrons. The lowest BCUT2D eigenvalue weighted by Gasteiger charge is -2.07. The van der Waals surface area contributed by atoms with Crippen LogP contribution >= 0.6 is 0 Å². The van der Waals surface area contributed by atoms with Gasteiger partial charge >= 0.3 is 0 Å². The number of carbonyl (C=O) groups is 1. The number of carbonyl (C=O) groups excluding carboxylic acids is 1. The summed E-state index contributed by atoms with van der Waals surface area (Å²) in [7, 11) is 0. The van der Waals surface area contributed by atoms with Crippen molar-refractivity contribution < 1.29 is 9.21 Å². The van der Waals surface area contributed by atoms with Crippen LogP contribution in [0.15, 0.2) is 22.6 Å². The van der Waals surface area contributed by atoms with Crippen molar-refractivity contribution in [3.63, 3.8) is 0 Å². The molecule has 1 heterocycles. The molecular formula is C14H19N3O2. The molecule has 102 valence electrons. The zero-order valence-corrected chi connectivity index (χ0v) is 11.3. The zero-order chi connectivity index (χ0) is 13.8. The fourth-order valence-corrected chi connectivity index (χ4v) is 1.95. The number of nitrogens with one attached hydrogen (secondary N) is 1. The van der Waals surface area contributed by atoms with E-state index in [4.69, 9.17) is 10.2 Å². The maximum absolute atomic E-state index is 11.4. The van der Waals surface area contributed by atoms with Crippen molar-refractivity contribution in [1.29, 1.82) is 0 Å². The molecule has 0 fully saturated rings. The Morgan fingerprint density at radius 2 is 2.32 bits per heavy atom. The van der Waals surface area contributed by atoms with Crippen LogP contribution in [0.1, 0.15) is 24.8 Å². The summed E-state index contributed by atoms with van der Waals surface area (Å²) in [4.78, 5) is 15.7. The van der Waals surface area contributed by atoms with E-state index in [0.29, 0.717) is 18.9 Å². The van der Waals surface area contributed by atoms with E-state index >= 15 is 0 Å². The first-order valence-electron chi connectivity index (χ1n) is 6.43. The Balaban J connectivity index is 1.89. The molecule has 1 unspecified atom stereocenters. The summed E-state index contributed by atoms with van der Waals surface area (Å²) < 4.78 is 5.41. The van der Waals surface area contributed by atoms with Gasteiger partial charge in [0.1, 0.15) is 5.52 Å². The van der Waals surface area contributed by atoms with E-state index in [2.05, 4.69) is 10.3 Å². The largest absolute Gasteiger partial charge is 0.441 e. The highest BCUT2D eigenvalue weighted by Crippen LogP contribution is 2.16. The van der Waals surface area contributed by atoms with Crippen LogP contribution < -0.4 is 11.1 Å². The van der Waals surface area contributed by atoms with Gasteiger partial charge in [0.25, 0.3) is 0 Å². The number of oxazole rings is 1. The third kappa shape index (κ3) is 3.79. The van der Waals surface area contributed by atoms with E-state index in [9.17, 15) is 4.79 Å². The first-order chi connectivity index (χ1) is 9.04. The minimum atomic E-state index is -0.102. The van der Waals surface area contributed by atoms with Crippen molar-refractivity contribution in [3.05, 3.63) is 29.7 Å². The van der Waals surface area contributed by atoms with E-state index in [1.165, 1.54) is 0 Å². The van der Waals surface area contributed by atoms with E-state index in [1.54, 1.807) is 0 Å². The first kappa shape index (κ1) is 13.5. The van der Waals surface area contributed by atoms with Crippen LogP contribution in [0.5, 0.6) is 0 Å². The quantitative estimate of drug-likeness (QED) is 0.855. The first-order valence-corrected chi connectivity index (χ1v) is 6.43. The summed E-state index contributed by atoms with van der Waals surface area (Å²) >= 11 is 0. The van der Waals surface area contributed by atoms with Crippen molar-refractivity contribution in [2.24, 2.45) is 5.73 Å². The number of aryl methyl sites for hydroxylation is 1. The number of amides is 1. The lowest BCUT2D eigenvalue weighted by molar-refractivity contribution is -0.121. The minimum absolute atomic E-state index is 0.00615. The lowest BCUT2D eigenvalue weighted by Crippen LogP contribution is -2.31. The Morgan fingerprint density at radius 1 is 1.53 bits per heavy atom. The normalized spacial score (nSPS) is 12.6. The molecule has 0 aliphatic carbocycles. The van der Waals surface area contributed by atoms with Gasteiger partial charge in [-0.15, -0.1) is 0 Å². The molecule has 0 aliphatic rings. The topological polar surface area (TPSA) is 81.2 Å². The van der Waals surface area contributed by atoms with Gasteiger partial charge in [-0.25, -0.2) is 4.98 Å². The highest BCUT2D eigenvalue weighted by atomic mass is 16.3. The van der Waals surface area contributed by atoms with Gasteiger partial charge in [-0.05, 0) is 31.0 Å². The standard InChI is InChI=1S/C14H19N3O2/c1-9(15)7-14(18)16-6-5-11-3-4-13-12(8-11)17-10(2)19-13/h3-4,8-9H,5-7,15H2,1-2H3,(H,16,18). The van der Waals surface area contributed by atoms with Crippen LogP contribution in [0.2, 0.25) is 0 Å². The molecule has 1 aromatic heterocycles. The SMILES string of the molecule is Cc1nc2cc(CCNC(=O)CC(C)N)ccc2o1. The molecule has 19 heavy (non-hydrogen) atoms. The minimum Gasteiger partial charge on any atom is -0.441 e. The Labute approximate surface area is 112 Å². The van der Waals surface area contributed by atoms with Gasteiger partial charge in [-0.2, -0.15) is 0 Å². The van der Waals surface area contributed by atoms with Gasteiger partial charge in [0.15, 0.2) is 11.5 Å². The van der Waals surface area contributed by atoms with E-state index < -0.39 is 0 Å². The molecule has 5 nitrogen and oxygen atoms in total. The van der Waals surface area contributed by atoms with Crippen molar-refractivity contribution >= 4 is 17.0 Å². The summed E-state index contributed by atoms with van der Waals surface area (Å²) in [6, 6.07) is 5.79. The van der Waals surface area contributed by atoms with Crippen LogP contribution in [0.3, 0.4) is 0 Å². The Hall–Kier alpha value is -1.88. The predicted octanol–water partition coefficient (Wildman–Crippen LogP) is 1.53. The second kappa shape index (κ2) is 5.84. The average Bonchev–Trinajstić information content (AvgIpc) is 2.67. The molecule has 0 bridgehead atoms. The number of hydrogen-bond acceptors (Lipinski definition) is 4.